The summed E-state index contributed by atoms with van der Waals surface area (Å²) in [6.07, 6.45) is 1.39. The van der Waals surface area contributed by atoms with Gasteiger partial charge in [0.2, 0.25) is 0 Å². The van der Waals surface area contributed by atoms with Gasteiger partial charge in [0.25, 0.3) is 5.91 Å². The van der Waals surface area contributed by atoms with Gasteiger partial charge in [0.1, 0.15) is 5.75 Å². The van der Waals surface area contributed by atoms with E-state index in [9.17, 15) is 14.4 Å². The van der Waals surface area contributed by atoms with Crippen LogP contribution in [-0.4, -0.2) is 37.6 Å². The van der Waals surface area contributed by atoms with Crippen molar-refractivity contribution in [1.82, 2.24) is 10.7 Å². The van der Waals surface area contributed by atoms with Crippen LogP contribution in [0.15, 0.2) is 47.6 Å². The largest absolute Gasteiger partial charge is 0.484 e. The maximum absolute atomic E-state index is 12.1. The summed E-state index contributed by atoms with van der Waals surface area (Å²) in [5.41, 5.74) is 5.67. The molecule has 0 fully saturated rings. The van der Waals surface area contributed by atoms with Crippen molar-refractivity contribution in [3.05, 3.63) is 59.2 Å². The molecule has 8 nitrogen and oxygen atoms in total. The number of carbonyl (C=O) groups is 3. The molecule has 0 unspecified atom stereocenters. The predicted molar refractivity (Wildman–Crippen MR) is 106 cm³/mol. The van der Waals surface area contributed by atoms with E-state index in [0.29, 0.717) is 11.3 Å². The lowest BCUT2D eigenvalue weighted by Gasteiger charge is -2.11. The number of amides is 3. The highest BCUT2D eigenvalue weighted by Gasteiger charge is 2.09. The van der Waals surface area contributed by atoms with E-state index in [1.807, 2.05) is 32.0 Å². The van der Waals surface area contributed by atoms with E-state index in [1.54, 1.807) is 24.3 Å². The standard InChI is InChI=1S/C20H22N4O4/c1-13-5-4-6-17(14(13)2)23-18(25)12-28-16-9-7-15(8-10-16)11-22-24-20(27)19(26)21-3/h4-11H,12H2,1-3H3,(H,21,26)(H,23,25)(H,24,27)/b22-11-. The quantitative estimate of drug-likeness (QED) is 0.400. The van der Waals surface area contributed by atoms with Gasteiger partial charge in [0.05, 0.1) is 6.21 Å². The fourth-order valence-electron chi connectivity index (χ4n) is 2.20. The van der Waals surface area contributed by atoms with Gasteiger partial charge in [-0.05, 0) is 60.9 Å². The molecule has 0 aromatic heterocycles. The second-order valence-electron chi connectivity index (χ2n) is 5.93. The zero-order valence-electron chi connectivity index (χ0n) is 15.9. The van der Waals surface area contributed by atoms with Gasteiger partial charge in [0.15, 0.2) is 6.61 Å². The monoisotopic (exact) mass is 382 g/mol. The van der Waals surface area contributed by atoms with Crippen molar-refractivity contribution in [1.29, 1.82) is 0 Å². The predicted octanol–water partition coefficient (Wildman–Crippen LogP) is 1.52. The van der Waals surface area contributed by atoms with Crippen molar-refractivity contribution in [2.75, 3.05) is 19.0 Å². The summed E-state index contributed by atoms with van der Waals surface area (Å²) < 4.78 is 5.47. The topological polar surface area (TPSA) is 109 Å². The molecule has 0 saturated carbocycles. The van der Waals surface area contributed by atoms with Crippen molar-refractivity contribution >= 4 is 29.6 Å². The fourth-order valence-corrected chi connectivity index (χ4v) is 2.20. The summed E-state index contributed by atoms with van der Waals surface area (Å²) in [7, 11) is 1.35. The average molecular weight is 382 g/mol. The summed E-state index contributed by atoms with van der Waals surface area (Å²) in [6.45, 7) is 3.81. The molecule has 0 radical (unpaired) electrons. The second kappa shape index (κ2) is 9.86. The van der Waals surface area contributed by atoms with E-state index < -0.39 is 11.8 Å². The first-order valence-electron chi connectivity index (χ1n) is 8.54. The molecule has 146 valence electrons. The third-order valence-corrected chi connectivity index (χ3v) is 3.94. The van der Waals surface area contributed by atoms with Gasteiger partial charge in [-0.1, -0.05) is 12.1 Å². The Morgan fingerprint density at radius 2 is 1.75 bits per heavy atom. The number of rotatable bonds is 6. The van der Waals surface area contributed by atoms with Crippen molar-refractivity contribution in [2.45, 2.75) is 13.8 Å². The Hall–Kier alpha value is -3.68. The summed E-state index contributed by atoms with van der Waals surface area (Å²) in [5.74, 6) is -1.37. The number of benzene rings is 2. The normalized spacial score (nSPS) is 10.4. The molecule has 0 saturated heterocycles. The van der Waals surface area contributed by atoms with Crippen LogP contribution in [0.4, 0.5) is 5.69 Å². The molecule has 3 N–H and O–H groups in total. The van der Waals surface area contributed by atoms with Crippen LogP contribution in [0.1, 0.15) is 16.7 Å². The van der Waals surface area contributed by atoms with Crippen LogP contribution in [0.2, 0.25) is 0 Å². The smallest absolute Gasteiger partial charge is 0.329 e. The number of hydrogen-bond donors (Lipinski definition) is 3. The third kappa shape index (κ3) is 5.94. The number of anilines is 1. The van der Waals surface area contributed by atoms with E-state index in [4.69, 9.17) is 4.74 Å². The van der Waals surface area contributed by atoms with E-state index in [-0.39, 0.29) is 12.5 Å². The highest BCUT2D eigenvalue weighted by Crippen LogP contribution is 2.18. The molecule has 0 bridgehead atoms. The lowest BCUT2D eigenvalue weighted by Crippen LogP contribution is -2.35. The van der Waals surface area contributed by atoms with Crippen molar-refractivity contribution in [3.63, 3.8) is 0 Å². The number of nitrogens with zero attached hydrogens (tertiary/aromatic N) is 1. The maximum atomic E-state index is 12.1. The van der Waals surface area contributed by atoms with Gasteiger partial charge in [-0.15, -0.1) is 0 Å². The lowest BCUT2D eigenvalue weighted by atomic mass is 10.1. The first kappa shape index (κ1) is 20.6. The zero-order valence-corrected chi connectivity index (χ0v) is 15.9. The Morgan fingerprint density at radius 3 is 2.43 bits per heavy atom. The van der Waals surface area contributed by atoms with Crippen LogP contribution < -0.4 is 20.8 Å². The van der Waals surface area contributed by atoms with E-state index >= 15 is 0 Å². The SMILES string of the molecule is CNC(=O)C(=O)N/N=C\c1ccc(OCC(=O)Nc2cccc(C)c2C)cc1. The minimum absolute atomic E-state index is 0.122. The Morgan fingerprint density at radius 1 is 1.04 bits per heavy atom. The second-order valence-corrected chi connectivity index (χ2v) is 5.93. The van der Waals surface area contributed by atoms with Crippen LogP contribution in [0.5, 0.6) is 5.75 Å². The van der Waals surface area contributed by atoms with Gasteiger partial charge in [-0.3, -0.25) is 14.4 Å². The van der Waals surface area contributed by atoms with Crippen LogP contribution in [0.3, 0.4) is 0 Å². The number of hydrazone groups is 1. The summed E-state index contributed by atoms with van der Waals surface area (Å²) in [4.78, 5) is 34.3. The van der Waals surface area contributed by atoms with Gasteiger partial charge >= 0.3 is 11.8 Å². The molecule has 0 heterocycles. The third-order valence-electron chi connectivity index (χ3n) is 3.94. The molecule has 2 aromatic carbocycles. The van der Waals surface area contributed by atoms with Gasteiger partial charge in [-0.2, -0.15) is 5.10 Å². The molecular formula is C20H22N4O4. The molecule has 0 atom stereocenters. The summed E-state index contributed by atoms with van der Waals surface area (Å²) in [5, 5.41) is 8.70. The van der Waals surface area contributed by atoms with Crippen LogP contribution in [0, 0.1) is 13.8 Å². The van der Waals surface area contributed by atoms with E-state index in [0.717, 1.165) is 16.8 Å². The van der Waals surface area contributed by atoms with Crippen LogP contribution in [0.25, 0.3) is 0 Å². The number of aryl methyl sites for hydroxylation is 1. The minimum atomic E-state index is -0.853. The molecule has 0 aliphatic carbocycles. The molecule has 3 amide bonds. The molecule has 8 heteroatoms. The van der Waals surface area contributed by atoms with Crippen molar-refractivity contribution < 1.29 is 19.1 Å². The van der Waals surface area contributed by atoms with Gasteiger partial charge in [-0.25, -0.2) is 5.43 Å². The zero-order chi connectivity index (χ0) is 20.5. The number of likely N-dealkylation sites (N-methyl/N-ethyl adjacent to an activating group) is 1. The fraction of sp³-hybridized carbons (Fsp3) is 0.200. The Labute approximate surface area is 163 Å². The lowest BCUT2D eigenvalue weighted by molar-refractivity contribution is -0.138. The number of ether oxygens (including phenoxy) is 1. The summed E-state index contributed by atoms with van der Waals surface area (Å²) >= 11 is 0. The van der Waals surface area contributed by atoms with Crippen LogP contribution in [-0.2, 0) is 14.4 Å². The summed E-state index contributed by atoms with van der Waals surface area (Å²) in [6, 6.07) is 12.5. The number of carbonyl (C=O) groups excluding carboxylic acids is 3. The van der Waals surface area contributed by atoms with Gasteiger partial charge < -0.3 is 15.4 Å². The molecule has 0 aliphatic heterocycles. The first-order chi connectivity index (χ1) is 13.4. The highest BCUT2D eigenvalue weighted by molar-refractivity contribution is 6.34. The highest BCUT2D eigenvalue weighted by atomic mass is 16.5. The molecule has 2 rings (SSSR count). The molecular weight excluding hydrogens is 360 g/mol. The first-order valence-corrected chi connectivity index (χ1v) is 8.54. The number of nitrogens with one attached hydrogen (secondary N) is 3. The van der Waals surface area contributed by atoms with Crippen LogP contribution >= 0.6 is 0 Å². The number of hydrogen-bond acceptors (Lipinski definition) is 5. The molecule has 28 heavy (non-hydrogen) atoms. The van der Waals surface area contributed by atoms with Gasteiger partial charge in [0, 0.05) is 12.7 Å². The Balaban J connectivity index is 1.83. The minimum Gasteiger partial charge on any atom is -0.484 e. The Bertz CT molecular complexity index is 892. The average Bonchev–Trinajstić information content (AvgIpc) is 2.70. The molecule has 0 aliphatic rings. The molecule has 0 spiro atoms. The van der Waals surface area contributed by atoms with Crippen molar-refractivity contribution in [2.24, 2.45) is 5.10 Å². The van der Waals surface area contributed by atoms with E-state index in [1.165, 1.54) is 13.3 Å². The molecule has 2 aromatic rings. The van der Waals surface area contributed by atoms with Crippen molar-refractivity contribution in [3.8, 4) is 5.75 Å². The Kier molecular flexibility index (Phi) is 7.27. The maximum Gasteiger partial charge on any atom is 0.329 e. The van der Waals surface area contributed by atoms with E-state index in [2.05, 4.69) is 21.2 Å².